The van der Waals surface area contributed by atoms with E-state index in [0.29, 0.717) is 22.8 Å². The first-order valence-corrected chi connectivity index (χ1v) is 9.45. The van der Waals surface area contributed by atoms with Gasteiger partial charge in [0, 0.05) is 17.5 Å². The van der Waals surface area contributed by atoms with E-state index in [9.17, 15) is 4.79 Å². The zero-order chi connectivity index (χ0) is 20.9. The Kier molecular flexibility index (Phi) is 5.61. The van der Waals surface area contributed by atoms with Crippen molar-refractivity contribution in [1.29, 1.82) is 0 Å². The average Bonchev–Trinajstić information content (AvgIpc) is 3.50. The summed E-state index contributed by atoms with van der Waals surface area (Å²) in [5, 5.41) is 9.01. The fraction of sp³-hybridized carbons (Fsp3) is 0.174. The van der Waals surface area contributed by atoms with Crippen molar-refractivity contribution in [2.24, 2.45) is 0 Å². The van der Waals surface area contributed by atoms with E-state index in [1.54, 1.807) is 57.0 Å². The highest BCUT2D eigenvalue weighted by atomic mass is 16.5. The second-order valence-electron chi connectivity index (χ2n) is 6.67. The van der Waals surface area contributed by atoms with Gasteiger partial charge in [-0.3, -0.25) is 4.79 Å². The first-order chi connectivity index (χ1) is 14.7. The van der Waals surface area contributed by atoms with Crippen LogP contribution in [0.3, 0.4) is 0 Å². The Hall–Kier alpha value is -3.87. The molecule has 30 heavy (non-hydrogen) atoms. The lowest BCUT2D eigenvalue weighted by molar-refractivity contribution is 0.0959. The Morgan fingerprint density at radius 1 is 1.00 bits per heavy atom. The number of nitrogens with zero attached hydrogens (tertiary/aromatic N) is 3. The van der Waals surface area contributed by atoms with E-state index in [1.807, 2.05) is 30.3 Å². The molecular formula is C23H21N3O4. The highest BCUT2D eigenvalue weighted by Gasteiger charge is 2.24. The van der Waals surface area contributed by atoms with Gasteiger partial charge in [-0.25, -0.2) is 0 Å². The maximum absolute atomic E-state index is 12.9. The van der Waals surface area contributed by atoms with E-state index in [-0.39, 0.29) is 12.2 Å². The van der Waals surface area contributed by atoms with Gasteiger partial charge in [-0.2, -0.15) is 15.0 Å². The molecule has 0 N–H and O–H groups in total. The number of furan rings is 1. The molecule has 0 bridgehead atoms. The molecule has 4 aromatic rings. The minimum Gasteiger partial charge on any atom is -0.497 e. The zero-order valence-corrected chi connectivity index (χ0v) is 16.7. The van der Waals surface area contributed by atoms with Crippen LogP contribution in [-0.2, 0) is 0 Å². The maximum Gasteiger partial charge on any atom is 0.165 e. The first-order valence-electron chi connectivity index (χ1n) is 9.45. The summed E-state index contributed by atoms with van der Waals surface area (Å²) in [6.45, 7) is 0. The van der Waals surface area contributed by atoms with Crippen molar-refractivity contribution in [2.45, 2.75) is 12.5 Å². The van der Waals surface area contributed by atoms with Crippen LogP contribution in [0.25, 0.3) is 11.3 Å². The van der Waals surface area contributed by atoms with E-state index in [4.69, 9.17) is 13.9 Å². The number of hydrogen-bond donors (Lipinski definition) is 0. The molecule has 0 saturated carbocycles. The molecule has 0 aliphatic carbocycles. The van der Waals surface area contributed by atoms with Crippen molar-refractivity contribution in [3.8, 4) is 22.8 Å². The van der Waals surface area contributed by atoms with Gasteiger partial charge >= 0.3 is 0 Å². The molecule has 4 rings (SSSR count). The third kappa shape index (κ3) is 4.10. The standard InChI is InChI=1S/C23H21N3O4/c1-28-18-9-5-16(6-10-18)20-15-24-26(25-20)21(23-4-3-13-30-23)14-22(27)17-7-11-19(29-2)12-8-17/h3-13,15,21H,14H2,1-2H3. The van der Waals surface area contributed by atoms with Gasteiger partial charge in [0.1, 0.15) is 29.0 Å². The number of methoxy groups -OCH3 is 2. The molecule has 2 heterocycles. The SMILES string of the molecule is COc1ccc(C(=O)CC(c2ccco2)n2ncc(-c3ccc(OC)cc3)n2)cc1. The third-order valence-corrected chi connectivity index (χ3v) is 4.84. The van der Waals surface area contributed by atoms with Gasteiger partial charge in [-0.05, 0) is 60.7 Å². The number of carbonyl (C=O) groups is 1. The number of carbonyl (C=O) groups excluding carboxylic acids is 1. The summed E-state index contributed by atoms with van der Waals surface area (Å²) in [5.74, 6) is 2.05. The lowest BCUT2D eigenvalue weighted by Gasteiger charge is -2.13. The van der Waals surface area contributed by atoms with Gasteiger partial charge in [0.15, 0.2) is 5.78 Å². The minimum atomic E-state index is -0.457. The molecule has 0 amide bonds. The van der Waals surface area contributed by atoms with Crippen LogP contribution in [0.1, 0.15) is 28.6 Å². The summed E-state index contributed by atoms with van der Waals surface area (Å²) in [6, 6.07) is 17.7. The van der Waals surface area contributed by atoms with Crippen molar-refractivity contribution in [3.63, 3.8) is 0 Å². The molecule has 0 aliphatic rings. The van der Waals surface area contributed by atoms with E-state index in [0.717, 1.165) is 11.3 Å². The topological polar surface area (TPSA) is 79.4 Å². The smallest absolute Gasteiger partial charge is 0.165 e. The van der Waals surface area contributed by atoms with Gasteiger partial charge in [0.2, 0.25) is 0 Å². The predicted molar refractivity (Wildman–Crippen MR) is 111 cm³/mol. The molecule has 7 heteroatoms. The first kappa shape index (κ1) is 19.4. The maximum atomic E-state index is 12.9. The van der Waals surface area contributed by atoms with Gasteiger partial charge in [0.25, 0.3) is 0 Å². The fourth-order valence-corrected chi connectivity index (χ4v) is 3.17. The Balaban J connectivity index is 1.60. The van der Waals surface area contributed by atoms with Crippen LogP contribution in [0.2, 0.25) is 0 Å². The van der Waals surface area contributed by atoms with Crippen molar-refractivity contribution in [2.75, 3.05) is 14.2 Å². The molecule has 1 unspecified atom stereocenters. The molecule has 0 radical (unpaired) electrons. The molecule has 1 atom stereocenters. The molecule has 152 valence electrons. The van der Waals surface area contributed by atoms with Crippen LogP contribution in [-0.4, -0.2) is 35.0 Å². The van der Waals surface area contributed by atoms with Crippen LogP contribution in [0.4, 0.5) is 0 Å². The van der Waals surface area contributed by atoms with Gasteiger partial charge in [-0.1, -0.05) is 0 Å². The molecule has 2 aromatic heterocycles. The third-order valence-electron chi connectivity index (χ3n) is 4.84. The van der Waals surface area contributed by atoms with Crippen LogP contribution in [0.5, 0.6) is 11.5 Å². The highest BCUT2D eigenvalue weighted by molar-refractivity contribution is 5.96. The Morgan fingerprint density at radius 2 is 1.67 bits per heavy atom. The van der Waals surface area contributed by atoms with Gasteiger partial charge in [0.05, 0.1) is 26.7 Å². The highest BCUT2D eigenvalue weighted by Crippen LogP contribution is 2.26. The van der Waals surface area contributed by atoms with E-state index >= 15 is 0 Å². The number of ether oxygens (including phenoxy) is 2. The fourth-order valence-electron chi connectivity index (χ4n) is 3.17. The summed E-state index contributed by atoms with van der Waals surface area (Å²) in [5.41, 5.74) is 2.20. The number of rotatable bonds is 8. The molecular weight excluding hydrogens is 382 g/mol. The minimum absolute atomic E-state index is 0.0395. The Bertz CT molecular complexity index is 1100. The Morgan fingerprint density at radius 3 is 2.27 bits per heavy atom. The van der Waals surface area contributed by atoms with E-state index in [1.165, 1.54) is 4.80 Å². The lowest BCUT2D eigenvalue weighted by atomic mass is 10.0. The van der Waals surface area contributed by atoms with Crippen molar-refractivity contribution in [3.05, 3.63) is 84.4 Å². The molecule has 0 saturated heterocycles. The van der Waals surface area contributed by atoms with E-state index < -0.39 is 6.04 Å². The van der Waals surface area contributed by atoms with Crippen molar-refractivity contribution >= 4 is 5.78 Å². The second-order valence-corrected chi connectivity index (χ2v) is 6.67. The monoisotopic (exact) mass is 403 g/mol. The number of ketones is 1. The second kappa shape index (κ2) is 8.65. The lowest BCUT2D eigenvalue weighted by Crippen LogP contribution is -2.17. The largest absolute Gasteiger partial charge is 0.497 e. The quantitative estimate of drug-likeness (QED) is 0.405. The van der Waals surface area contributed by atoms with Crippen LogP contribution in [0, 0.1) is 0 Å². The number of Topliss-reactive ketones (excluding diaryl/α,β-unsaturated/α-hetero) is 1. The van der Waals surface area contributed by atoms with Gasteiger partial charge in [-0.15, -0.1) is 0 Å². The molecule has 7 nitrogen and oxygen atoms in total. The van der Waals surface area contributed by atoms with E-state index in [2.05, 4.69) is 10.2 Å². The summed E-state index contributed by atoms with van der Waals surface area (Å²) in [7, 11) is 3.21. The van der Waals surface area contributed by atoms with Gasteiger partial charge < -0.3 is 13.9 Å². The van der Waals surface area contributed by atoms with Crippen LogP contribution in [0.15, 0.2) is 77.5 Å². The summed E-state index contributed by atoms with van der Waals surface area (Å²) in [4.78, 5) is 14.4. The summed E-state index contributed by atoms with van der Waals surface area (Å²) < 4.78 is 15.9. The molecule has 0 fully saturated rings. The summed E-state index contributed by atoms with van der Waals surface area (Å²) in [6.07, 6.45) is 3.42. The van der Waals surface area contributed by atoms with Crippen molar-refractivity contribution < 1.29 is 18.7 Å². The molecule has 2 aromatic carbocycles. The summed E-state index contributed by atoms with van der Waals surface area (Å²) >= 11 is 0. The average molecular weight is 403 g/mol. The molecule has 0 spiro atoms. The number of hydrogen-bond acceptors (Lipinski definition) is 6. The van der Waals surface area contributed by atoms with Crippen molar-refractivity contribution in [1.82, 2.24) is 15.0 Å². The zero-order valence-electron chi connectivity index (χ0n) is 16.7. The van der Waals surface area contributed by atoms with Crippen LogP contribution < -0.4 is 9.47 Å². The normalized spacial score (nSPS) is 11.8. The number of aromatic nitrogens is 3. The van der Waals surface area contributed by atoms with Crippen LogP contribution >= 0.6 is 0 Å². The number of benzene rings is 2. The Labute approximate surface area is 173 Å². The molecule has 0 aliphatic heterocycles. The predicted octanol–water partition coefficient (Wildman–Crippen LogP) is 4.42.